The van der Waals surface area contributed by atoms with Crippen LogP contribution in [0.3, 0.4) is 0 Å². The van der Waals surface area contributed by atoms with E-state index in [1.807, 2.05) is 0 Å². The molecule has 1 aliphatic heterocycles. The van der Waals surface area contributed by atoms with E-state index >= 15 is 0 Å². The van der Waals surface area contributed by atoms with Gasteiger partial charge in [-0.1, -0.05) is 0 Å². The Hall–Kier alpha value is -2.98. The minimum absolute atomic E-state index is 0.119. The van der Waals surface area contributed by atoms with Crippen LogP contribution in [-0.2, 0) is 14.5 Å². The van der Waals surface area contributed by atoms with Gasteiger partial charge >= 0.3 is 0 Å². The van der Waals surface area contributed by atoms with Gasteiger partial charge in [0, 0.05) is 40.8 Å². The second kappa shape index (κ2) is 8.04. The van der Waals surface area contributed by atoms with Gasteiger partial charge in [-0.3, -0.25) is 0 Å². The van der Waals surface area contributed by atoms with Crippen molar-refractivity contribution in [3.05, 3.63) is 42.5 Å². The molecular weight excluding hydrogens is 411 g/mol. The fourth-order valence-electron chi connectivity index (χ4n) is 3.17. The van der Waals surface area contributed by atoms with Crippen LogP contribution in [0.1, 0.15) is 6.42 Å². The first kappa shape index (κ1) is 20.3. The summed E-state index contributed by atoms with van der Waals surface area (Å²) in [6.07, 6.45) is 4.90. The Kier molecular flexibility index (Phi) is 5.44. The van der Waals surface area contributed by atoms with E-state index < -0.39 is 15.5 Å². The predicted octanol–water partition coefficient (Wildman–Crippen LogP) is 3.74. The Morgan fingerprint density at radius 1 is 1.30 bits per heavy atom. The smallest absolute Gasteiger partial charge is 0.146 e. The third-order valence-electron chi connectivity index (χ3n) is 4.41. The second-order valence-electron chi connectivity index (χ2n) is 7.22. The first-order valence-electron chi connectivity index (χ1n) is 9.24. The molecule has 0 unspecified atom stereocenters. The Morgan fingerprint density at radius 2 is 2.13 bits per heavy atom. The molecule has 2 heterocycles. The zero-order valence-electron chi connectivity index (χ0n) is 16.5. The Morgan fingerprint density at radius 3 is 2.87 bits per heavy atom. The van der Waals surface area contributed by atoms with Crippen molar-refractivity contribution in [2.45, 2.75) is 12.5 Å². The SMILES string of the molecule is CS(C)(=O)=Nc1cc(O)c2c(Nc3ccc(F)cc3O[C@H]3CCOC3)ncnc2c1. The number of phenolic OH excluding ortho intramolecular Hbond substituents is 1. The maximum absolute atomic E-state index is 13.8. The van der Waals surface area contributed by atoms with Crippen LogP contribution < -0.4 is 10.1 Å². The highest BCUT2D eigenvalue weighted by molar-refractivity contribution is 7.92. The number of anilines is 2. The fourth-order valence-corrected chi connectivity index (χ4v) is 3.78. The molecular formula is C20H21FN4O4S. The molecule has 30 heavy (non-hydrogen) atoms. The molecule has 10 heteroatoms. The van der Waals surface area contributed by atoms with Crippen LogP contribution >= 0.6 is 0 Å². The highest BCUT2D eigenvalue weighted by atomic mass is 32.2. The maximum Gasteiger partial charge on any atom is 0.146 e. The Bertz CT molecular complexity index is 1210. The molecule has 2 aromatic carbocycles. The summed E-state index contributed by atoms with van der Waals surface area (Å²) in [4.78, 5) is 8.40. The second-order valence-corrected chi connectivity index (χ2v) is 9.77. The van der Waals surface area contributed by atoms with E-state index in [0.717, 1.165) is 6.42 Å². The molecule has 2 N–H and O–H groups in total. The molecule has 1 aromatic heterocycles. The van der Waals surface area contributed by atoms with Crippen molar-refractivity contribution in [3.63, 3.8) is 0 Å². The van der Waals surface area contributed by atoms with Gasteiger partial charge in [0.25, 0.3) is 0 Å². The lowest BCUT2D eigenvalue weighted by molar-refractivity contribution is 0.141. The summed E-state index contributed by atoms with van der Waals surface area (Å²) < 4.78 is 41.1. The van der Waals surface area contributed by atoms with E-state index in [-0.39, 0.29) is 11.9 Å². The first-order valence-corrected chi connectivity index (χ1v) is 11.6. The molecule has 0 spiro atoms. The summed E-state index contributed by atoms with van der Waals surface area (Å²) in [5, 5.41) is 14.0. The lowest BCUT2D eigenvalue weighted by Gasteiger charge is -2.17. The molecule has 1 aliphatic rings. The highest BCUT2D eigenvalue weighted by Crippen LogP contribution is 2.37. The van der Waals surface area contributed by atoms with Crippen molar-refractivity contribution in [2.24, 2.45) is 4.36 Å². The zero-order valence-corrected chi connectivity index (χ0v) is 17.3. The normalized spacial score (nSPS) is 16.6. The van der Waals surface area contributed by atoms with Crippen LogP contribution in [0.15, 0.2) is 41.0 Å². The van der Waals surface area contributed by atoms with Crippen molar-refractivity contribution >= 4 is 37.8 Å². The van der Waals surface area contributed by atoms with E-state index in [1.165, 1.54) is 37.0 Å². The molecule has 1 saturated heterocycles. The quantitative estimate of drug-likeness (QED) is 0.632. The number of nitrogens with one attached hydrogen (secondary N) is 1. The number of benzene rings is 2. The minimum atomic E-state index is -2.40. The molecule has 0 aliphatic carbocycles. The fraction of sp³-hybridized carbons (Fsp3) is 0.300. The monoisotopic (exact) mass is 432 g/mol. The van der Waals surface area contributed by atoms with E-state index in [2.05, 4.69) is 19.6 Å². The molecule has 0 bridgehead atoms. The summed E-state index contributed by atoms with van der Waals surface area (Å²) in [7, 11) is -2.40. The van der Waals surface area contributed by atoms with Crippen molar-refractivity contribution < 1.29 is 23.2 Å². The van der Waals surface area contributed by atoms with Gasteiger partial charge in [-0.2, -0.15) is 4.36 Å². The van der Waals surface area contributed by atoms with Crippen molar-refractivity contribution in [1.29, 1.82) is 0 Å². The van der Waals surface area contributed by atoms with Crippen LogP contribution in [0.2, 0.25) is 0 Å². The van der Waals surface area contributed by atoms with Crippen LogP contribution in [0.4, 0.5) is 21.6 Å². The molecule has 8 nitrogen and oxygen atoms in total. The topological polar surface area (TPSA) is 106 Å². The molecule has 0 radical (unpaired) electrons. The van der Waals surface area contributed by atoms with Gasteiger partial charge in [-0.25, -0.2) is 18.6 Å². The number of nitrogens with zero attached hydrogens (tertiary/aromatic N) is 3. The average Bonchev–Trinajstić information content (AvgIpc) is 3.15. The summed E-state index contributed by atoms with van der Waals surface area (Å²) in [5.41, 5.74) is 1.26. The van der Waals surface area contributed by atoms with Gasteiger partial charge < -0.3 is 19.9 Å². The number of halogens is 1. The molecule has 0 amide bonds. The van der Waals surface area contributed by atoms with E-state index in [9.17, 15) is 13.7 Å². The van der Waals surface area contributed by atoms with Crippen LogP contribution in [0.5, 0.6) is 11.5 Å². The summed E-state index contributed by atoms with van der Waals surface area (Å²) in [6, 6.07) is 7.16. The number of ether oxygens (including phenoxy) is 2. The predicted molar refractivity (Wildman–Crippen MR) is 113 cm³/mol. The summed E-state index contributed by atoms with van der Waals surface area (Å²) in [5.74, 6) is 0.0857. The van der Waals surface area contributed by atoms with E-state index in [4.69, 9.17) is 9.47 Å². The maximum atomic E-state index is 13.8. The molecule has 158 valence electrons. The number of aromatic hydroxyl groups is 1. The van der Waals surface area contributed by atoms with Crippen LogP contribution in [0, 0.1) is 5.82 Å². The van der Waals surface area contributed by atoms with Gasteiger partial charge in [-0.15, -0.1) is 0 Å². The largest absolute Gasteiger partial charge is 0.507 e. The molecule has 4 rings (SSSR count). The van der Waals surface area contributed by atoms with Crippen LogP contribution in [0.25, 0.3) is 10.9 Å². The highest BCUT2D eigenvalue weighted by Gasteiger charge is 2.20. The Balaban J connectivity index is 1.73. The Labute approximate surface area is 173 Å². The van der Waals surface area contributed by atoms with Gasteiger partial charge in [0.1, 0.15) is 35.6 Å². The number of phenols is 1. The molecule has 3 aromatic rings. The van der Waals surface area contributed by atoms with Gasteiger partial charge in [0.05, 0.1) is 35.5 Å². The third kappa shape index (κ3) is 4.60. The van der Waals surface area contributed by atoms with E-state index in [0.29, 0.717) is 47.1 Å². The first-order chi connectivity index (χ1) is 14.3. The third-order valence-corrected chi connectivity index (χ3v) is 5.06. The number of hydrogen-bond donors (Lipinski definition) is 2. The average molecular weight is 432 g/mol. The van der Waals surface area contributed by atoms with Crippen molar-refractivity contribution in [2.75, 3.05) is 31.0 Å². The molecule has 1 atom stereocenters. The molecule has 1 fully saturated rings. The van der Waals surface area contributed by atoms with Crippen molar-refractivity contribution in [3.8, 4) is 11.5 Å². The van der Waals surface area contributed by atoms with Crippen LogP contribution in [-0.4, -0.2) is 51.1 Å². The van der Waals surface area contributed by atoms with Gasteiger partial charge in [0.15, 0.2) is 0 Å². The number of hydrogen-bond acceptors (Lipinski definition) is 8. The standard InChI is InChI=1S/C20H21FN4O4S/c1-30(2,27)25-13-8-16-19(17(26)9-13)20(23-11-22-16)24-15-4-3-12(21)7-18(15)29-14-5-6-28-10-14/h3-4,7-9,11,14,26H,5-6,10H2,1-2H3,(H,22,23,24)/t14-/m0/s1. The lowest BCUT2D eigenvalue weighted by Crippen LogP contribution is -2.16. The summed E-state index contributed by atoms with van der Waals surface area (Å²) >= 11 is 0. The van der Waals surface area contributed by atoms with Gasteiger partial charge in [0.2, 0.25) is 0 Å². The lowest BCUT2D eigenvalue weighted by atomic mass is 10.2. The zero-order chi connectivity index (χ0) is 21.3. The van der Waals surface area contributed by atoms with Gasteiger partial charge in [-0.05, 0) is 18.2 Å². The van der Waals surface area contributed by atoms with E-state index in [1.54, 1.807) is 12.1 Å². The number of rotatable bonds is 5. The molecule has 0 saturated carbocycles. The number of fused-ring (bicyclic) bond motifs is 1. The summed E-state index contributed by atoms with van der Waals surface area (Å²) in [6.45, 7) is 1.04. The van der Waals surface area contributed by atoms with Crippen molar-refractivity contribution in [1.82, 2.24) is 9.97 Å². The minimum Gasteiger partial charge on any atom is -0.507 e. The number of aromatic nitrogens is 2.